The van der Waals surface area contributed by atoms with E-state index in [1.54, 1.807) is 12.5 Å². The van der Waals surface area contributed by atoms with Gasteiger partial charge < -0.3 is 24.5 Å². The minimum Gasteiger partial charge on any atom is -0.491 e. The summed E-state index contributed by atoms with van der Waals surface area (Å²) in [4.78, 5) is 4.70. The molecule has 0 spiro atoms. The van der Waals surface area contributed by atoms with Gasteiger partial charge in [0.05, 0.1) is 24.6 Å². The standard InChI is InChI=1S/C23H31N5O3.HI/c1-18(2)31-21-9-7-19(8-10-21)27-23(25-16-20-11-13-26-28(20)3)24-12-5-14-29-17-22-6-4-15-30-22;/h4,6-11,13,15,18H,5,12,14,16-17H2,1-3H3,(H2,24,25,27);1H. The lowest BCUT2D eigenvalue weighted by molar-refractivity contribution is 0.105. The molecule has 0 bridgehead atoms. The van der Waals surface area contributed by atoms with E-state index in [4.69, 9.17) is 18.9 Å². The maximum Gasteiger partial charge on any atom is 0.196 e. The summed E-state index contributed by atoms with van der Waals surface area (Å²) in [5, 5.41) is 10.9. The maximum atomic E-state index is 5.71. The fourth-order valence-electron chi connectivity index (χ4n) is 2.83. The fourth-order valence-corrected chi connectivity index (χ4v) is 2.83. The second-order valence-corrected chi connectivity index (χ2v) is 7.34. The van der Waals surface area contributed by atoms with Crippen molar-refractivity contribution in [3.63, 3.8) is 0 Å². The number of furan rings is 1. The Morgan fingerprint density at radius 2 is 2.00 bits per heavy atom. The van der Waals surface area contributed by atoms with Gasteiger partial charge in [-0.3, -0.25) is 4.68 Å². The first-order chi connectivity index (χ1) is 15.1. The van der Waals surface area contributed by atoms with Crippen molar-refractivity contribution in [2.45, 2.75) is 39.5 Å². The molecule has 2 aromatic heterocycles. The molecule has 0 amide bonds. The minimum atomic E-state index is 0. The van der Waals surface area contributed by atoms with E-state index in [9.17, 15) is 0 Å². The molecule has 9 heteroatoms. The van der Waals surface area contributed by atoms with E-state index in [0.29, 0.717) is 25.7 Å². The highest BCUT2D eigenvalue weighted by atomic mass is 127. The molecule has 32 heavy (non-hydrogen) atoms. The molecule has 2 N–H and O–H groups in total. The van der Waals surface area contributed by atoms with Crippen molar-refractivity contribution in [2.75, 3.05) is 18.5 Å². The predicted octanol–water partition coefficient (Wildman–Crippen LogP) is 4.58. The zero-order valence-corrected chi connectivity index (χ0v) is 21.1. The Hall–Kier alpha value is -2.53. The topological polar surface area (TPSA) is 85.8 Å². The number of nitrogens with one attached hydrogen (secondary N) is 2. The highest BCUT2D eigenvalue weighted by Crippen LogP contribution is 2.17. The summed E-state index contributed by atoms with van der Waals surface area (Å²) in [6.07, 6.45) is 4.41. The van der Waals surface area contributed by atoms with Crippen LogP contribution in [0.15, 0.2) is 64.3 Å². The van der Waals surface area contributed by atoms with Gasteiger partial charge in [-0.25, -0.2) is 4.99 Å². The first-order valence-corrected chi connectivity index (χ1v) is 10.5. The van der Waals surface area contributed by atoms with Crippen molar-refractivity contribution in [3.05, 3.63) is 66.4 Å². The van der Waals surface area contributed by atoms with Gasteiger partial charge in [-0.05, 0) is 62.7 Å². The van der Waals surface area contributed by atoms with Crippen LogP contribution in [-0.4, -0.2) is 35.0 Å². The summed E-state index contributed by atoms with van der Waals surface area (Å²) in [5.41, 5.74) is 1.96. The van der Waals surface area contributed by atoms with Crippen LogP contribution in [0.4, 0.5) is 5.69 Å². The fraction of sp³-hybridized carbons (Fsp3) is 0.391. The predicted molar refractivity (Wildman–Crippen MR) is 137 cm³/mol. The number of halogens is 1. The molecular weight excluding hydrogens is 521 g/mol. The molecule has 0 unspecified atom stereocenters. The molecule has 1 aromatic carbocycles. The molecule has 0 atom stereocenters. The molecule has 3 rings (SSSR count). The number of hydrogen-bond donors (Lipinski definition) is 2. The molecule has 0 aliphatic heterocycles. The summed E-state index contributed by atoms with van der Waals surface area (Å²) >= 11 is 0. The van der Waals surface area contributed by atoms with Crippen LogP contribution in [0.2, 0.25) is 0 Å². The van der Waals surface area contributed by atoms with Crippen LogP contribution in [0.25, 0.3) is 0 Å². The van der Waals surface area contributed by atoms with Gasteiger partial charge in [0.15, 0.2) is 5.96 Å². The lowest BCUT2D eigenvalue weighted by atomic mass is 10.3. The van der Waals surface area contributed by atoms with Gasteiger partial charge in [0.2, 0.25) is 0 Å². The van der Waals surface area contributed by atoms with Crippen molar-refractivity contribution in [1.29, 1.82) is 0 Å². The molecule has 0 radical (unpaired) electrons. The number of ether oxygens (including phenoxy) is 2. The van der Waals surface area contributed by atoms with Gasteiger partial charge in [0.25, 0.3) is 0 Å². The Morgan fingerprint density at radius 3 is 2.66 bits per heavy atom. The third-order valence-corrected chi connectivity index (χ3v) is 4.39. The summed E-state index contributed by atoms with van der Waals surface area (Å²) in [7, 11) is 1.91. The van der Waals surface area contributed by atoms with Gasteiger partial charge in [0.1, 0.15) is 18.1 Å². The van der Waals surface area contributed by atoms with Gasteiger partial charge >= 0.3 is 0 Å². The molecule has 0 aliphatic carbocycles. The van der Waals surface area contributed by atoms with Crippen molar-refractivity contribution < 1.29 is 13.9 Å². The van der Waals surface area contributed by atoms with Gasteiger partial charge in [-0.1, -0.05) is 0 Å². The number of benzene rings is 1. The smallest absolute Gasteiger partial charge is 0.196 e. The van der Waals surface area contributed by atoms with Crippen LogP contribution in [-0.2, 0) is 24.9 Å². The largest absolute Gasteiger partial charge is 0.491 e. The number of aromatic nitrogens is 2. The first kappa shape index (κ1) is 25.7. The normalized spacial score (nSPS) is 11.3. The summed E-state index contributed by atoms with van der Waals surface area (Å²) in [5.74, 6) is 2.37. The van der Waals surface area contributed by atoms with E-state index < -0.39 is 0 Å². The van der Waals surface area contributed by atoms with Crippen molar-refractivity contribution in [3.8, 4) is 5.75 Å². The Kier molecular flexibility index (Phi) is 11.1. The molecule has 174 valence electrons. The van der Waals surface area contributed by atoms with E-state index >= 15 is 0 Å². The molecule has 2 heterocycles. The highest BCUT2D eigenvalue weighted by molar-refractivity contribution is 14.0. The van der Waals surface area contributed by atoms with Crippen molar-refractivity contribution in [1.82, 2.24) is 15.1 Å². The van der Waals surface area contributed by atoms with Crippen LogP contribution in [0.1, 0.15) is 31.7 Å². The van der Waals surface area contributed by atoms with Crippen LogP contribution >= 0.6 is 24.0 Å². The van der Waals surface area contributed by atoms with E-state index in [1.807, 2.05) is 68.0 Å². The number of aryl methyl sites for hydroxylation is 1. The van der Waals surface area contributed by atoms with E-state index in [1.165, 1.54) is 0 Å². The SMILES string of the molecule is CC(C)Oc1ccc(NC(=NCc2ccnn2C)NCCCOCc2ccco2)cc1.I. The van der Waals surface area contributed by atoms with E-state index in [0.717, 1.165) is 35.9 Å². The Morgan fingerprint density at radius 1 is 1.19 bits per heavy atom. The Balaban J connectivity index is 0.00000363. The third kappa shape index (κ3) is 8.91. The number of rotatable bonds is 11. The maximum absolute atomic E-state index is 5.71. The molecule has 0 aliphatic rings. The highest BCUT2D eigenvalue weighted by Gasteiger charge is 2.04. The minimum absolute atomic E-state index is 0. The average Bonchev–Trinajstić information content (AvgIpc) is 3.41. The molecular formula is C23H32IN5O3. The van der Waals surface area contributed by atoms with Crippen molar-refractivity contribution >= 4 is 35.6 Å². The Bertz CT molecular complexity index is 924. The molecule has 8 nitrogen and oxygen atoms in total. The number of aliphatic imine (C=N–C) groups is 1. The quantitative estimate of drug-likeness (QED) is 0.157. The number of guanidine groups is 1. The second kappa shape index (κ2) is 13.8. The van der Waals surface area contributed by atoms with E-state index in [-0.39, 0.29) is 30.1 Å². The zero-order chi connectivity index (χ0) is 21.9. The summed E-state index contributed by atoms with van der Waals surface area (Å²) in [6.45, 7) is 6.38. The summed E-state index contributed by atoms with van der Waals surface area (Å²) < 4.78 is 18.4. The van der Waals surface area contributed by atoms with Gasteiger partial charge in [0, 0.05) is 32.1 Å². The molecule has 0 fully saturated rings. The van der Waals surface area contributed by atoms with Crippen LogP contribution in [0, 0.1) is 0 Å². The van der Waals surface area contributed by atoms with Gasteiger partial charge in [-0.2, -0.15) is 5.10 Å². The first-order valence-electron chi connectivity index (χ1n) is 10.5. The number of hydrogen-bond acceptors (Lipinski definition) is 5. The van der Waals surface area contributed by atoms with Crippen LogP contribution in [0.3, 0.4) is 0 Å². The van der Waals surface area contributed by atoms with Crippen LogP contribution < -0.4 is 15.4 Å². The third-order valence-electron chi connectivity index (χ3n) is 4.39. The monoisotopic (exact) mass is 553 g/mol. The summed E-state index contributed by atoms with van der Waals surface area (Å²) in [6, 6.07) is 13.6. The second-order valence-electron chi connectivity index (χ2n) is 7.34. The van der Waals surface area contributed by atoms with E-state index in [2.05, 4.69) is 15.7 Å². The molecule has 3 aromatic rings. The number of nitrogens with zero attached hydrogens (tertiary/aromatic N) is 3. The lowest BCUT2D eigenvalue weighted by Crippen LogP contribution is -2.32. The molecule has 0 saturated carbocycles. The van der Waals surface area contributed by atoms with Crippen molar-refractivity contribution in [2.24, 2.45) is 12.0 Å². The Labute approximate surface area is 206 Å². The lowest BCUT2D eigenvalue weighted by Gasteiger charge is -2.14. The zero-order valence-electron chi connectivity index (χ0n) is 18.8. The molecule has 0 saturated heterocycles. The number of anilines is 1. The average molecular weight is 553 g/mol. The van der Waals surface area contributed by atoms with Gasteiger partial charge in [-0.15, -0.1) is 24.0 Å². The van der Waals surface area contributed by atoms with Crippen LogP contribution in [0.5, 0.6) is 5.75 Å².